The zero-order valence-electron chi connectivity index (χ0n) is 11.0. The molecule has 0 heterocycles. The Labute approximate surface area is 98.6 Å². The fourth-order valence-electron chi connectivity index (χ4n) is 1.00. The normalized spacial score (nSPS) is 11.9. The van der Waals surface area contributed by atoms with Crippen molar-refractivity contribution in [1.29, 1.82) is 0 Å². The molecular formula is C14H23FO. The summed E-state index contributed by atoms with van der Waals surface area (Å²) in [6.07, 6.45) is 0.236. The third-order valence-electron chi connectivity index (χ3n) is 2.36. The lowest BCUT2D eigenvalue weighted by molar-refractivity contribution is 0.0235. The predicted molar refractivity (Wildman–Crippen MR) is 66.8 cm³/mol. The van der Waals surface area contributed by atoms with E-state index in [9.17, 15) is 4.39 Å². The molecule has 0 N–H and O–H groups in total. The average molecular weight is 226 g/mol. The van der Waals surface area contributed by atoms with Gasteiger partial charge >= 0.3 is 0 Å². The molecule has 0 spiro atoms. The number of rotatable bonds is 4. The number of ether oxygens (including phenoxy) is 1. The fourth-order valence-corrected chi connectivity index (χ4v) is 1.00. The first-order chi connectivity index (χ1) is 7.59. The number of benzene rings is 1. The molecule has 0 bridgehead atoms. The quantitative estimate of drug-likeness (QED) is 0.738. The summed E-state index contributed by atoms with van der Waals surface area (Å²) in [4.78, 5) is 0. The maximum absolute atomic E-state index is 12.6. The van der Waals surface area contributed by atoms with E-state index < -0.39 is 0 Å². The molecule has 0 fully saturated rings. The summed E-state index contributed by atoms with van der Waals surface area (Å²) in [6.45, 7) is 10.8. The maximum Gasteiger partial charge on any atom is 0.123 e. The zero-order chi connectivity index (χ0) is 12.6. The summed E-state index contributed by atoms with van der Waals surface area (Å²) in [5, 5.41) is 0. The van der Waals surface area contributed by atoms with Crippen molar-refractivity contribution in [2.45, 2.75) is 47.3 Å². The van der Waals surface area contributed by atoms with Gasteiger partial charge in [0.05, 0.1) is 12.7 Å². The SMILES string of the molecule is CC.CC(C)C(C)OCc1ccc(F)cc1. The van der Waals surface area contributed by atoms with Crippen LogP contribution < -0.4 is 0 Å². The van der Waals surface area contributed by atoms with Crippen molar-refractivity contribution in [3.05, 3.63) is 35.6 Å². The molecule has 1 unspecified atom stereocenters. The molecule has 1 aromatic carbocycles. The van der Waals surface area contributed by atoms with Crippen LogP contribution >= 0.6 is 0 Å². The van der Waals surface area contributed by atoms with Gasteiger partial charge in [0.1, 0.15) is 5.82 Å². The lowest BCUT2D eigenvalue weighted by Crippen LogP contribution is -2.14. The molecule has 2 heteroatoms. The fraction of sp³-hybridized carbons (Fsp3) is 0.571. The Hall–Kier alpha value is -0.890. The highest BCUT2D eigenvalue weighted by molar-refractivity contribution is 5.14. The van der Waals surface area contributed by atoms with Crippen LogP contribution in [-0.4, -0.2) is 6.10 Å². The highest BCUT2D eigenvalue weighted by atomic mass is 19.1. The van der Waals surface area contributed by atoms with E-state index in [2.05, 4.69) is 13.8 Å². The Kier molecular flexibility index (Phi) is 7.82. The largest absolute Gasteiger partial charge is 0.374 e. The van der Waals surface area contributed by atoms with Gasteiger partial charge in [-0.3, -0.25) is 0 Å². The Morgan fingerprint density at radius 1 is 1.06 bits per heavy atom. The van der Waals surface area contributed by atoms with Gasteiger partial charge < -0.3 is 4.74 Å². The summed E-state index contributed by atoms with van der Waals surface area (Å²) in [7, 11) is 0. The summed E-state index contributed by atoms with van der Waals surface area (Å²) >= 11 is 0. The van der Waals surface area contributed by atoms with E-state index in [1.165, 1.54) is 12.1 Å². The van der Waals surface area contributed by atoms with Crippen molar-refractivity contribution in [2.24, 2.45) is 5.92 Å². The van der Waals surface area contributed by atoms with Crippen molar-refractivity contribution >= 4 is 0 Å². The zero-order valence-corrected chi connectivity index (χ0v) is 11.0. The van der Waals surface area contributed by atoms with Crippen LogP contribution in [0.1, 0.15) is 40.2 Å². The van der Waals surface area contributed by atoms with E-state index in [1.807, 2.05) is 20.8 Å². The first kappa shape index (κ1) is 15.1. The molecule has 0 aliphatic heterocycles. The molecule has 16 heavy (non-hydrogen) atoms. The second kappa shape index (κ2) is 8.28. The molecule has 0 radical (unpaired) electrons. The Bertz CT molecular complexity index is 267. The average Bonchev–Trinajstić information content (AvgIpc) is 2.30. The van der Waals surface area contributed by atoms with E-state index >= 15 is 0 Å². The first-order valence-electron chi connectivity index (χ1n) is 5.95. The van der Waals surface area contributed by atoms with Gasteiger partial charge in [-0.2, -0.15) is 0 Å². The summed E-state index contributed by atoms with van der Waals surface area (Å²) in [6, 6.07) is 6.42. The molecule has 0 aromatic heterocycles. The topological polar surface area (TPSA) is 9.23 Å². The van der Waals surface area contributed by atoms with Crippen molar-refractivity contribution in [3.8, 4) is 0 Å². The third kappa shape index (κ3) is 5.86. The van der Waals surface area contributed by atoms with Gasteiger partial charge in [-0.05, 0) is 30.5 Å². The number of halogens is 1. The van der Waals surface area contributed by atoms with Gasteiger partial charge in [0.2, 0.25) is 0 Å². The second-order valence-corrected chi connectivity index (χ2v) is 3.89. The van der Waals surface area contributed by atoms with Crippen LogP contribution in [0.5, 0.6) is 0 Å². The molecule has 92 valence electrons. The van der Waals surface area contributed by atoms with Crippen molar-refractivity contribution in [3.63, 3.8) is 0 Å². The minimum atomic E-state index is -0.203. The highest BCUT2D eigenvalue weighted by Crippen LogP contribution is 2.10. The molecule has 1 atom stereocenters. The molecule has 0 saturated carbocycles. The lowest BCUT2D eigenvalue weighted by atomic mass is 10.1. The lowest BCUT2D eigenvalue weighted by Gasteiger charge is -2.16. The van der Waals surface area contributed by atoms with Gasteiger partial charge in [0, 0.05) is 0 Å². The van der Waals surface area contributed by atoms with E-state index in [-0.39, 0.29) is 11.9 Å². The van der Waals surface area contributed by atoms with Gasteiger partial charge in [-0.25, -0.2) is 4.39 Å². The minimum absolute atomic E-state index is 0.203. The number of hydrogen-bond acceptors (Lipinski definition) is 1. The molecule has 0 saturated heterocycles. The van der Waals surface area contributed by atoms with Crippen LogP contribution in [0.25, 0.3) is 0 Å². The second-order valence-electron chi connectivity index (χ2n) is 3.89. The summed E-state index contributed by atoms with van der Waals surface area (Å²) in [5.41, 5.74) is 1.01. The van der Waals surface area contributed by atoms with E-state index in [0.717, 1.165) is 5.56 Å². The van der Waals surface area contributed by atoms with Crippen LogP contribution in [0.2, 0.25) is 0 Å². The smallest absolute Gasteiger partial charge is 0.123 e. The van der Waals surface area contributed by atoms with Crippen LogP contribution in [0, 0.1) is 11.7 Å². The van der Waals surface area contributed by atoms with Crippen LogP contribution in [-0.2, 0) is 11.3 Å². The molecule has 0 aliphatic rings. The van der Waals surface area contributed by atoms with Gasteiger partial charge in [-0.1, -0.05) is 39.8 Å². The maximum atomic E-state index is 12.6. The van der Waals surface area contributed by atoms with Crippen molar-refractivity contribution < 1.29 is 9.13 Å². The molecule has 1 aromatic rings. The summed E-state index contributed by atoms with van der Waals surface area (Å²) < 4.78 is 18.2. The number of hydrogen-bond donors (Lipinski definition) is 0. The van der Waals surface area contributed by atoms with E-state index in [0.29, 0.717) is 12.5 Å². The van der Waals surface area contributed by atoms with Crippen LogP contribution in [0.4, 0.5) is 4.39 Å². The molecule has 0 amide bonds. The monoisotopic (exact) mass is 226 g/mol. The summed E-state index contributed by atoms with van der Waals surface area (Å²) in [5.74, 6) is 0.307. The van der Waals surface area contributed by atoms with Gasteiger partial charge in [0.25, 0.3) is 0 Å². The standard InChI is InChI=1S/C12H17FO.C2H6/c1-9(2)10(3)14-8-11-4-6-12(13)7-5-11;1-2/h4-7,9-10H,8H2,1-3H3;1-2H3. The minimum Gasteiger partial charge on any atom is -0.374 e. The van der Waals surface area contributed by atoms with Gasteiger partial charge in [0.15, 0.2) is 0 Å². The van der Waals surface area contributed by atoms with E-state index in [4.69, 9.17) is 4.74 Å². The molecule has 1 nitrogen and oxygen atoms in total. The Morgan fingerprint density at radius 3 is 2.00 bits per heavy atom. The predicted octanol–water partition coefficient (Wildman–Crippen LogP) is 4.41. The van der Waals surface area contributed by atoms with Crippen molar-refractivity contribution in [2.75, 3.05) is 0 Å². The van der Waals surface area contributed by atoms with Crippen molar-refractivity contribution in [1.82, 2.24) is 0 Å². The van der Waals surface area contributed by atoms with Crippen LogP contribution in [0.15, 0.2) is 24.3 Å². The first-order valence-corrected chi connectivity index (χ1v) is 5.95. The Balaban J connectivity index is 0.00000106. The van der Waals surface area contributed by atoms with Crippen LogP contribution in [0.3, 0.4) is 0 Å². The highest BCUT2D eigenvalue weighted by Gasteiger charge is 2.06. The molecule has 1 rings (SSSR count). The van der Waals surface area contributed by atoms with Gasteiger partial charge in [-0.15, -0.1) is 0 Å². The van der Waals surface area contributed by atoms with E-state index in [1.54, 1.807) is 12.1 Å². The molecular weight excluding hydrogens is 203 g/mol. The third-order valence-corrected chi connectivity index (χ3v) is 2.36. The molecule has 0 aliphatic carbocycles. The Morgan fingerprint density at radius 2 is 1.56 bits per heavy atom.